The molecule has 0 radical (unpaired) electrons. The minimum atomic E-state index is -0.865. The highest BCUT2D eigenvalue weighted by molar-refractivity contribution is 6.32. The monoisotopic (exact) mass is 404 g/mol. The van der Waals surface area contributed by atoms with Gasteiger partial charge >= 0.3 is 0 Å². The molecule has 6 heteroatoms. The summed E-state index contributed by atoms with van der Waals surface area (Å²) in [5.74, 6) is 1.18. The van der Waals surface area contributed by atoms with Crippen molar-refractivity contribution >= 4 is 11.6 Å². The fourth-order valence-electron chi connectivity index (χ4n) is 4.10. The third-order valence-corrected chi connectivity index (χ3v) is 5.87. The highest BCUT2D eigenvalue weighted by atomic mass is 35.5. The van der Waals surface area contributed by atoms with E-state index in [0.29, 0.717) is 22.9 Å². The predicted molar refractivity (Wildman–Crippen MR) is 112 cm³/mol. The molecule has 2 aromatic rings. The zero-order valence-corrected chi connectivity index (χ0v) is 17.7. The van der Waals surface area contributed by atoms with Crippen molar-refractivity contribution in [3.8, 4) is 11.5 Å². The molecule has 3 rings (SSSR count). The normalized spacial score (nSPS) is 23.0. The number of methoxy groups -OCH3 is 2. The standard InChI is InChI=1S/C22H29ClN2O3/c1-24(2)20-15-25(11-10-22(20,26)17-8-6-5-7-9-17)14-16-12-18(23)21(28-4)19(13-16)27-3/h5-9,12-13,20,26H,10-11,14-15H2,1-4H3/t20-,22+/m1/s1. The summed E-state index contributed by atoms with van der Waals surface area (Å²) >= 11 is 6.36. The summed E-state index contributed by atoms with van der Waals surface area (Å²) < 4.78 is 10.7. The largest absolute Gasteiger partial charge is 0.493 e. The van der Waals surface area contributed by atoms with Gasteiger partial charge in [-0.2, -0.15) is 0 Å². The SMILES string of the molecule is COc1cc(CN2CC[C@](O)(c3ccccc3)[C@H](N(C)C)C2)cc(Cl)c1OC. The molecule has 0 bridgehead atoms. The van der Waals surface area contributed by atoms with Gasteiger partial charge in [0.25, 0.3) is 0 Å². The minimum absolute atomic E-state index is 0.0146. The minimum Gasteiger partial charge on any atom is -0.493 e. The molecule has 2 aromatic carbocycles. The van der Waals surface area contributed by atoms with Crippen molar-refractivity contribution in [2.45, 2.75) is 24.6 Å². The number of benzene rings is 2. The molecule has 1 heterocycles. The Hall–Kier alpha value is -1.79. The first-order chi connectivity index (χ1) is 13.4. The first-order valence-corrected chi connectivity index (χ1v) is 9.84. The zero-order valence-electron chi connectivity index (χ0n) is 17.0. The Labute approximate surface area is 172 Å². The molecule has 0 spiro atoms. The summed E-state index contributed by atoms with van der Waals surface area (Å²) in [4.78, 5) is 4.46. The van der Waals surface area contributed by atoms with Crippen molar-refractivity contribution in [3.05, 3.63) is 58.6 Å². The van der Waals surface area contributed by atoms with Gasteiger partial charge in [-0.3, -0.25) is 4.90 Å². The highest BCUT2D eigenvalue weighted by Crippen LogP contribution is 2.38. The van der Waals surface area contributed by atoms with Gasteiger partial charge in [0.05, 0.1) is 25.3 Å². The van der Waals surface area contributed by atoms with E-state index in [9.17, 15) is 5.11 Å². The fraction of sp³-hybridized carbons (Fsp3) is 0.455. The molecular formula is C22H29ClN2O3. The van der Waals surface area contributed by atoms with Crippen molar-refractivity contribution in [2.24, 2.45) is 0 Å². The molecule has 0 unspecified atom stereocenters. The van der Waals surface area contributed by atoms with Gasteiger partial charge in [0.1, 0.15) is 5.60 Å². The van der Waals surface area contributed by atoms with Gasteiger partial charge in [0, 0.05) is 19.6 Å². The average Bonchev–Trinajstić information content (AvgIpc) is 2.69. The van der Waals surface area contributed by atoms with Crippen LogP contribution in [0.3, 0.4) is 0 Å². The third-order valence-electron chi connectivity index (χ3n) is 5.59. The third kappa shape index (κ3) is 4.13. The number of rotatable bonds is 6. The molecule has 28 heavy (non-hydrogen) atoms. The summed E-state index contributed by atoms with van der Waals surface area (Å²) in [6, 6.07) is 13.8. The van der Waals surface area contributed by atoms with Gasteiger partial charge in [-0.1, -0.05) is 41.9 Å². The van der Waals surface area contributed by atoms with Gasteiger partial charge in [0.15, 0.2) is 11.5 Å². The van der Waals surface area contributed by atoms with Crippen LogP contribution in [-0.4, -0.2) is 62.4 Å². The molecule has 1 N–H and O–H groups in total. The molecule has 0 saturated carbocycles. The average molecular weight is 405 g/mol. The Balaban J connectivity index is 1.81. The van der Waals surface area contributed by atoms with Crippen LogP contribution in [0.25, 0.3) is 0 Å². The Morgan fingerprint density at radius 3 is 2.50 bits per heavy atom. The van der Waals surface area contributed by atoms with Crippen LogP contribution in [0.1, 0.15) is 17.5 Å². The van der Waals surface area contributed by atoms with E-state index in [-0.39, 0.29) is 6.04 Å². The molecule has 1 aliphatic rings. The summed E-state index contributed by atoms with van der Waals surface area (Å²) in [6.07, 6.45) is 0.668. The van der Waals surface area contributed by atoms with Crippen molar-refractivity contribution in [3.63, 3.8) is 0 Å². The fourth-order valence-corrected chi connectivity index (χ4v) is 4.41. The summed E-state index contributed by atoms with van der Waals surface area (Å²) in [6.45, 7) is 2.28. The van der Waals surface area contributed by atoms with Gasteiger partial charge in [-0.25, -0.2) is 0 Å². The van der Waals surface area contributed by atoms with Gasteiger partial charge in [0.2, 0.25) is 0 Å². The second-order valence-corrected chi connectivity index (χ2v) is 7.98. The van der Waals surface area contributed by atoms with E-state index in [4.69, 9.17) is 21.1 Å². The van der Waals surface area contributed by atoms with Crippen LogP contribution in [-0.2, 0) is 12.1 Å². The number of ether oxygens (including phenoxy) is 2. The van der Waals surface area contributed by atoms with Crippen molar-refractivity contribution in [1.29, 1.82) is 0 Å². The molecule has 5 nitrogen and oxygen atoms in total. The van der Waals surface area contributed by atoms with Crippen LogP contribution in [0.2, 0.25) is 5.02 Å². The van der Waals surface area contributed by atoms with Gasteiger partial charge in [-0.15, -0.1) is 0 Å². The van der Waals surface area contributed by atoms with Crippen LogP contribution in [0.5, 0.6) is 11.5 Å². The Kier molecular flexibility index (Phi) is 6.50. The van der Waals surface area contributed by atoms with E-state index in [1.807, 2.05) is 56.6 Å². The van der Waals surface area contributed by atoms with E-state index in [0.717, 1.165) is 30.8 Å². The van der Waals surface area contributed by atoms with Gasteiger partial charge in [-0.05, 0) is 43.8 Å². The molecule has 1 aliphatic heterocycles. The van der Waals surface area contributed by atoms with E-state index in [1.54, 1.807) is 14.2 Å². The molecule has 0 aromatic heterocycles. The van der Waals surface area contributed by atoms with Gasteiger partial charge < -0.3 is 19.5 Å². The lowest BCUT2D eigenvalue weighted by molar-refractivity contribution is -0.0893. The van der Waals surface area contributed by atoms with Crippen molar-refractivity contribution in [2.75, 3.05) is 41.4 Å². The maximum atomic E-state index is 11.5. The number of likely N-dealkylation sites (N-methyl/N-ethyl adjacent to an activating group) is 1. The Bertz CT molecular complexity index is 800. The smallest absolute Gasteiger partial charge is 0.179 e. The molecule has 152 valence electrons. The number of likely N-dealkylation sites (tertiary alicyclic amines) is 1. The number of piperidine rings is 1. The summed E-state index contributed by atoms with van der Waals surface area (Å²) in [5, 5.41) is 12.1. The van der Waals surface area contributed by atoms with Crippen LogP contribution in [0, 0.1) is 0 Å². The zero-order chi connectivity index (χ0) is 20.3. The molecule has 1 saturated heterocycles. The number of hydrogen-bond donors (Lipinski definition) is 1. The van der Waals surface area contributed by atoms with E-state index in [1.165, 1.54) is 0 Å². The predicted octanol–water partition coefficient (Wildman–Crippen LogP) is 3.38. The molecular weight excluding hydrogens is 376 g/mol. The molecule has 1 fully saturated rings. The summed E-state index contributed by atoms with van der Waals surface area (Å²) in [7, 11) is 7.24. The maximum absolute atomic E-state index is 11.5. The first-order valence-electron chi connectivity index (χ1n) is 9.46. The van der Waals surface area contributed by atoms with Crippen LogP contribution in [0.4, 0.5) is 0 Å². The quantitative estimate of drug-likeness (QED) is 0.799. The second kappa shape index (κ2) is 8.70. The number of hydrogen-bond acceptors (Lipinski definition) is 5. The van der Waals surface area contributed by atoms with Crippen LogP contribution in [0.15, 0.2) is 42.5 Å². The molecule has 2 atom stereocenters. The van der Waals surface area contributed by atoms with Crippen molar-refractivity contribution < 1.29 is 14.6 Å². The molecule has 0 aliphatic carbocycles. The van der Waals surface area contributed by atoms with E-state index in [2.05, 4.69) is 9.80 Å². The Morgan fingerprint density at radius 1 is 1.18 bits per heavy atom. The summed E-state index contributed by atoms with van der Waals surface area (Å²) in [5.41, 5.74) is 1.17. The highest BCUT2D eigenvalue weighted by Gasteiger charge is 2.43. The lowest BCUT2D eigenvalue weighted by atomic mass is 9.79. The van der Waals surface area contributed by atoms with Crippen LogP contribution < -0.4 is 9.47 Å². The number of aliphatic hydroxyl groups is 1. The van der Waals surface area contributed by atoms with E-state index >= 15 is 0 Å². The lowest BCUT2D eigenvalue weighted by Crippen LogP contribution is -2.58. The number of nitrogens with zero attached hydrogens (tertiary/aromatic N) is 2. The number of halogens is 1. The van der Waals surface area contributed by atoms with Crippen LogP contribution >= 0.6 is 11.6 Å². The first kappa shape index (κ1) is 20.9. The topological polar surface area (TPSA) is 45.2 Å². The second-order valence-electron chi connectivity index (χ2n) is 7.57. The van der Waals surface area contributed by atoms with Crippen molar-refractivity contribution in [1.82, 2.24) is 9.80 Å². The van der Waals surface area contributed by atoms with E-state index < -0.39 is 5.60 Å². The molecule has 0 amide bonds. The lowest BCUT2D eigenvalue weighted by Gasteiger charge is -2.47. The Morgan fingerprint density at radius 2 is 1.89 bits per heavy atom. The maximum Gasteiger partial charge on any atom is 0.179 e.